The van der Waals surface area contributed by atoms with Crippen molar-refractivity contribution in [2.75, 3.05) is 0 Å². The van der Waals surface area contributed by atoms with Crippen molar-refractivity contribution in [3.05, 3.63) is 12.3 Å². The first kappa shape index (κ1) is 10.2. The lowest BCUT2D eigenvalue weighted by Crippen LogP contribution is -2.60. The van der Waals surface area contributed by atoms with E-state index in [1.165, 1.54) is 0 Å². The van der Waals surface area contributed by atoms with Crippen LogP contribution in [0.5, 0.6) is 0 Å². The lowest BCUT2D eigenvalue weighted by molar-refractivity contribution is -0.177. The Labute approximate surface area is 77.7 Å². The molecular weight excluding hydrogens is 194 g/mol. The van der Waals surface area contributed by atoms with Crippen molar-refractivity contribution in [1.82, 2.24) is 5.32 Å². The molecule has 0 aromatic rings. The summed E-state index contributed by atoms with van der Waals surface area (Å²) < 4.78 is 0. The van der Waals surface area contributed by atoms with Crippen LogP contribution < -0.4 is 5.32 Å². The Morgan fingerprint density at radius 1 is 1.43 bits per heavy atom. The average molecular weight is 201 g/mol. The summed E-state index contributed by atoms with van der Waals surface area (Å²) >= 11 is 0. The first-order chi connectivity index (χ1) is 6.40. The number of carbonyl (C=O) groups excluding carboxylic acids is 1. The highest BCUT2D eigenvalue weighted by molar-refractivity contribution is 6.10. The Balaban J connectivity index is 3.21. The number of hydrogen-bond donors (Lipinski definition) is 4. The molecule has 14 heavy (non-hydrogen) atoms. The summed E-state index contributed by atoms with van der Waals surface area (Å²) in [7, 11) is 0. The molecule has 0 aromatic carbocycles. The van der Waals surface area contributed by atoms with Gasteiger partial charge in [-0.3, -0.25) is 9.59 Å². The first-order valence-electron chi connectivity index (χ1n) is 3.57. The molecule has 7 heteroatoms. The highest BCUT2D eigenvalue weighted by Crippen LogP contribution is 2.23. The van der Waals surface area contributed by atoms with Crippen LogP contribution >= 0.6 is 0 Å². The van der Waals surface area contributed by atoms with Gasteiger partial charge in [0, 0.05) is 6.20 Å². The molecule has 76 valence electrons. The first-order valence-corrected chi connectivity index (χ1v) is 3.57. The topological polar surface area (TPSA) is 124 Å². The molecule has 1 amide bonds. The highest BCUT2D eigenvalue weighted by atomic mass is 16.4. The summed E-state index contributed by atoms with van der Waals surface area (Å²) in [6.07, 6.45) is 1.89. The van der Waals surface area contributed by atoms with Crippen LogP contribution in [0, 0.1) is 5.92 Å². The Hall–Kier alpha value is -1.89. The quantitative estimate of drug-likeness (QED) is 0.388. The number of carboxylic acids is 2. The molecule has 0 fully saturated rings. The summed E-state index contributed by atoms with van der Waals surface area (Å²) in [5.74, 6) is -6.53. The fraction of sp³-hybridized carbons (Fsp3) is 0.286. The van der Waals surface area contributed by atoms with Crippen molar-refractivity contribution in [1.29, 1.82) is 0 Å². The van der Waals surface area contributed by atoms with E-state index < -0.39 is 29.4 Å². The number of hydrogen-bond acceptors (Lipinski definition) is 4. The Morgan fingerprint density at radius 3 is 2.36 bits per heavy atom. The van der Waals surface area contributed by atoms with Gasteiger partial charge in [-0.05, 0) is 0 Å². The standard InChI is InChI=1S/C7H7NO6/c9-4(10)3-1-2-8-5(11)7(3,14)6(12)13/h1-3,14H,(H,8,11)(H,9,10)(H,12,13). The fourth-order valence-electron chi connectivity index (χ4n) is 1.10. The van der Waals surface area contributed by atoms with Crippen LogP contribution in [0.4, 0.5) is 0 Å². The summed E-state index contributed by atoms with van der Waals surface area (Å²) in [5.41, 5.74) is -2.94. The van der Waals surface area contributed by atoms with Crippen LogP contribution in [0.15, 0.2) is 12.3 Å². The molecule has 0 spiro atoms. The fourth-order valence-corrected chi connectivity index (χ4v) is 1.10. The van der Waals surface area contributed by atoms with E-state index in [0.717, 1.165) is 12.3 Å². The van der Waals surface area contributed by atoms with Crippen molar-refractivity contribution in [3.63, 3.8) is 0 Å². The number of carboxylic acid groups (broad SMARTS) is 2. The molecule has 2 atom stereocenters. The maximum absolute atomic E-state index is 11.0. The van der Waals surface area contributed by atoms with E-state index in [1.807, 2.05) is 5.32 Å². The zero-order valence-electron chi connectivity index (χ0n) is 6.80. The van der Waals surface area contributed by atoms with Crippen molar-refractivity contribution >= 4 is 17.8 Å². The molecule has 0 radical (unpaired) electrons. The van der Waals surface area contributed by atoms with Crippen molar-refractivity contribution < 1.29 is 29.7 Å². The van der Waals surface area contributed by atoms with Gasteiger partial charge in [-0.2, -0.15) is 0 Å². The molecule has 0 saturated carbocycles. The van der Waals surface area contributed by atoms with Gasteiger partial charge in [0.2, 0.25) is 0 Å². The molecule has 0 bridgehead atoms. The van der Waals surface area contributed by atoms with Gasteiger partial charge in [0.25, 0.3) is 11.5 Å². The number of aliphatic carboxylic acids is 2. The van der Waals surface area contributed by atoms with Gasteiger partial charge < -0.3 is 20.6 Å². The monoisotopic (exact) mass is 201 g/mol. The second-order valence-corrected chi connectivity index (χ2v) is 2.72. The van der Waals surface area contributed by atoms with Gasteiger partial charge >= 0.3 is 11.9 Å². The van der Waals surface area contributed by atoms with E-state index >= 15 is 0 Å². The lowest BCUT2D eigenvalue weighted by Gasteiger charge is -2.28. The maximum Gasteiger partial charge on any atom is 0.346 e. The molecule has 0 aliphatic carbocycles. The summed E-state index contributed by atoms with van der Waals surface area (Å²) in [6.45, 7) is 0. The predicted octanol–water partition coefficient (Wildman–Crippen LogP) is -1.85. The summed E-state index contributed by atoms with van der Waals surface area (Å²) in [4.78, 5) is 32.2. The minimum absolute atomic E-state index is 0.901. The smallest absolute Gasteiger partial charge is 0.346 e. The molecule has 1 aliphatic rings. The largest absolute Gasteiger partial charge is 0.481 e. The number of carbonyl (C=O) groups is 3. The minimum atomic E-state index is -2.94. The van der Waals surface area contributed by atoms with Gasteiger partial charge in [-0.25, -0.2) is 4.79 Å². The normalized spacial score (nSPS) is 30.9. The van der Waals surface area contributed by atoms with Crippen LogP contribution in [0.1, 0.15) is 0 Å². The predicted molar refractivity (Wildman–Crippen MR) is 41.0 cm³/mol. The van der Waals surface area contributed by atoms with Gasteiger partial charge in [0.1, 0.15) is 5.92 Å². The molecule has 1 heterocycles. The van der Waals surface area contributed by atoms with Crippen molar-refractivity contribution in [3.8, 4) is 0 Å². The maximum atomic E-state index is 11.0. The molecule has 7 nitrogen and oxygen atoms in total. The summed E-state index contributed by atoms with van der Waals surface area (Å²) in [5, 5.41) is 28.5. The second kappa shape index (κ2) is 3.11. The molecule has 0 aromatic heterocycles. The van der Waals surface area contributed by atoms with Crippen LogP contribution in [0.2, 0.25) is 0 Å². The van der Waals surface area contributed by atoms with Crippen LogP contribution in [-0.2, 0) is 14.4 Å². The van der Waals surface area contributed by atoms with E-state index in [-0.39, 0.29) is 0 Å². The molecule has 2 unspecified atom stereocenters. The van der Waals surface area contributed by atoms with Crippen LogP contribution in [0.25, 0.3) is 0 Å². The van der Waals surface area contributed by atoms with E-state index in [1.54, 1.807) is 0 Å². The summed E-state index contributed by atoms with van der Waals surface area (Å²) in [6, 6.07) is 0. The second-order valence-electron chi connectivity index (χ2n) is 2.72. The van der Waals surface area contributed by atoms with E-state index in [2.05, 4.69) is 0 Å². The molecule has 0 saturated heterocycles. The highest BCUT2D eigenvalue weighted by Gasteiger charge is 2.55. The van der Waals surface area contributed by atoms with Gasteiger partial charge in [-0.1, -0.05) is 6.08 Å². The van der Waals surface area contributed by atoms with Crippen LogP contribution in [-0.4, -0.2) is 38.8 Å². The number of rotatable bonds is 2. The third kappa shape index (κ3) is 1.23. The van der Waals surface area contributed by atoms with Gasteiger partial charge in [0.05, 0.1) is 0 Å². The van der Waals surface area contributed by atoms with E-state index in [0.29, 0.717) is 0 Å². The molecular formula is C7H7NO6. The number of nitrogens with one attached hydrogen (secondary N) is 1. The minimum Gasteiger partial charge on any atom is -0.481 e. The molecule has 4 N–H and O–H groups in total. The number of amides is 1. The molecule has 1 rings (SSSR count). The Kier molecular flexibility index (Phi) is 2.26. The third-order valence-electron chi connectivity index (χ3n) is 1.89. The van der Waals surface area contributed by atoms with Crippen molar-refractivity contribution in [2.24, 2.45) is 5.92 Å². The zero-order valence-corrected chi connectivity index (χ0v) is 6.80. The zero-order chi connectivity index (χ0) is 10.9. The lowest BCUT2D eigenvalue weighted by atomic mass is 9.84. The Morgan fingerprint density at radius 2 is 2.00 bits per heavy atom. The van der Waals surface area contributed by atoms with E-state index in [9.17, 15) is 19.5 Å². The SMILES string of the molecule is O=C(O)C1C=CNC(=O)C1(O)C(=O)O. The van der Waals surface area contributed by atoms with Gasteiger partial charge in [0.15, 0.2) is 0 Å². The van der Waals surface area contributed by atoms with Gasteiger partial charge in [-0.15, -0.1) is 0 Å². The van der Waals surface area contributed by atoms with Crippen molar-refractivity contribution in [2.45, 2.75) is 5.60 Å². The molecule has 1 aliphatic heterocycles. The van der Waals surface area contributed by atoms with Crippen LogP contribution in [0.3, 0.4) is 0 Å². The Bertz CT molecular complexity index is 335. The van der Waals surface area contributed by atoms with E-state index in [4.69, 9.17) is 10.2 Å². The third-order valence-corrected chi connectivity index (χ3v) is 1.89. The average Bonchev–Trinajstić information content (AvgIpc) is 2.08. The number of aliphatic hydroxyl groups is 1.